The van der Waals surface area contributed by atoms with Gasteiger partial charge in [-0.1, -0.05) is 36.4 Å². The fraction of sp³-hybridized carbons (Fsp3) is 0.0400. The molecule has 0 bridgehead atoms. The van der Waals surface area contributed by atoms with Crippen molar-refractivity contribution in [1.82, 2.24) is 9.97 Å². The number of carbonyl (C=O) groups is 2. The van der Waals surface area contributed by atoms with Crippen molar-refractivity contribution in [3.05, 3.63) is 120 Å². The third kappa shape index (κ3) is 5.39. The quantitative estimate of drug-likeness (QED) is 0.489. The lowest BCUT2D eigenvalue weighted by molar-refractivity contribution is 0.101. The number of hydrogen-bond acceptors (Lipinski definition) is 4. The van der Waals surface area contributed by atoms with E-state index in [1.54, 1.807) is 48.8 Å². The molecule has 6 nitrogen and oxygen atoms in total. The van der Waals surface area contributed by atoms with Gasteiger partial charge in [0.1, 0.15) is 11.4 Å². The Kier molecular flexibility index (Phi) is 6.09. The largest absolute Gasteiger partial charge is 0.321 e. The zero-order valence-corrected chi connectivity index (χ0v) is 16.7. The number of anilines is 2. The Morgan fingerprint density at radius 2 is 1.00 bits per heavy atom. The fourth-order valence-corrected chi connectivity index (χ4v) is 3.03. The molecule has 31 heavy (non-hydrogen) atoms. The topological polar surface area (TPSA) is 84.0 Å². The van der Waals surface area contributed by atoms with Crippen LogP contribution in [0.1, 0.15) is 32.1 Å². The molecule has 0 saturated carbocycles. The predicted molar refractivity (Wildman–Crippen MR) is 120 cm³/mol. The van der Waals surface area contributed by atoms with E-state index in [1.807, 2.05) is 48.5 Å². The first-order valence-corrected chi connectivity index (χ1v) is 9.80. The Morgan fingerprint density at radius 1 is 0.581 bits per heavy atom. The Labute approximate surface area is 180 Å². The van der Waals surface area contributed by atoms with E-state index < -0.39 is 0 Å². The van der Waals surface area contributed by atoms with Crippen LogP contribution >= 0.6 is 0 Å². The molecule has 2 heterocycles. The number of nitrogens with zero attached hydrogens (tertiary/aromatic N) is 2. The van der Waals surface area contributed by atoms with Gasteiger partial charge in [-0.2, -0.15) is 0 Å². The number of rotatable bonds is 6. The minimum Gasteiger partial charge on any atom is -0.321 e. The summed E-state index contributed by atoms with van der Waals surface area (Å²) in [6, 6.07) is 25.8. The molecule has 2 aromatic carbocycles. The van der Waals surface area contributed by atoms with Gasteiger partial charge in [0.2, 0.25) is 0 Å². The third-order valence-corrected chi connectivity index (χ3v) is 4.63. The van der Waals surface area contributed by atoms with Crippen molar-refractivity contribution in [2.24, 2.45) is 0 Å². The molecule has 0 atom stereocenters. The van der Waals surface area contributed by atoms with Crippen molar-refractivity contribution in [3.63, 3.8) is 0 Å². The van der Waals surface area contributed by atoms with Crippen LogP contribution in [0.4, 0.5) is 11.4 Å². The third-order valence-electron chi connectivity index (χ3n) is 4.63. The summed E-state index contributed by atoms with van der Waals surface area (Å²) in [5.41, 5.74) is 4.41. The molecule has 0 aliphatic rings. The summed E-state index contributed by atoms with van der Waals surface area (Å²) >= 11 is 0. The second-order valence-corrected chi connectivity index (χ2v) is 6.91. The lowest BCUT2D eigenvalue weighted by Crippen LogP contribution is -2.13. The second-order valence-electron chi connectivity index (χ2n) is 6.91. The number of carbonyl (C=O) groups excluding carboxylic acids is 2. The monoisotopic (exact) mass is 408 g/mol. The molecule has 0 spiro atoms. The van der Waals surface area contributed by atoms with Crippen molar-refractivity contribution in [3.8, 4) is 0 Å². The molecule has 0 aliphatic carbocycles. The van der Waals surface area contributed by atoms with Gasteiger partial charge in [0.15, 0.2) is 0 Å². The molecule has 0 fully saturated rings. The van der Waals surface area contributed by atoms with Gasteiger partial charge in [-0.3, -0.25) is 19.6 Å². The Balaban J connectivity index is 1.34. The van der Waals surface area contributed by atoms with Gasteiger partial charge in [0.25, 0.3) is 11.8 Å². The summed E-state index contributed by atoms with van der Waals surface area (Å²) in [6.45, 7) is 0. The molecule has 4 aromatic rings. The highest BCUT2D eigenvalue weighted by atomic mass is 16.2. The SMILES string of the molecule is O=C(Nc1ccc(Cc2ccc(NC(=O)c3ccccn3)cc2)cc1)c1ccccn1. The summed E-state index contributed by atoms with van der Waals surface area (Å²) in [7, 11) is 0. The van der Waals surface area contributed by atoms with Crippen LogP contribution in [0.3, 0.4) is 0 Å². The van der Waals surface area contributed by atoms with Crippen LogP contribution in [0, 0.1) is 0 Å². The van der Waals surface area contributed by atoms with Gasteiger partial charge in [0, 0.05) is 23.8 Å². The minimum absolute atomic E-state index is 0.239. The fourth-order valence-electron chi connectivity index (χ4n) is 3.03. The molecule has 0 unspecified atom stereocenters. The van der Waals surface area contributed by atoms with Crippen LogP contribution in [-0.4, -0.2) is 21.8 Å². The first-order chi connectivity index (χ1) is 15.2. The van der Waals surface area contributed by atoms with Crippen molar-refractivity contribution in [2.75, 3.05) is 10.6 Å². The lowest BCUT2D eigenvalue weighted by atomic mass is 10.0. The maximum atomic E-state index is 12.2. The average Bonchev–Trinajstić information content (AvgIpc) is 2.82. The van der Waals surface area contributed by atoms with Crippen LogP contribution in [0.2, 0.25) is 0 Å². The van der Waals surface area contributed by atoms with Crippen molar-refractivity contribution >= 4 is 23.2 Å². The normalized spacial score (nSPS) is 10.3. The van der Waals surface area contributed by atoms with E-state index in [0.29, 0.717) is 22.8 Å². The van der Waals surface area contributed by atoms with E-state index in [2.05, 4.69) is 20.6 Å². The molecule has 6 heteroatoms. The van der Waals surface area contributed by atoms with Gasteiger partial charge in [-0.25, -0.2) is 0 Å². The molecule has 2 amide bonds. The van der Waals surface area contributed by atoms with Gasteiger partial charge in [-0.15, -0.1) is 0 Å². The first kappa shape index (κ1) is 20.0. The van der Waals surface area contributed by atoms with Gasteiger partial charge in [0.05, 0.1) is 0 Å². The van der Waals surface area contributed by atoms with Gasteiger partial charge < -0.3 is 10.6 Å². The van der Waals surface area contributed by atoms with Crippen LogP contribution in [-0.2, 0) is 6.42 Å². The smallest absolute Gasteiger partial charge is 0.274 e. The summed E-state index contributed by atoms with van der Waals surface area (Å²) < 4.78 is 0. The van der Waals surface area contributed by atoms with E-state index in [4.69, 9.17) is 0 Å². The Morgan fingerprint density at radius 3 is 1.35 bits per heavy atom. The highest BCUT2D eigenvalue weighted by Gasteiger charge is 2.08. The zero-order valence-electron chi connectivity index (χ0n) is 16.7. The molecule has 2 aromatic heterocycles. The van der Waals surface area contributed by atoms with Crippen LogP contribution in [0.5, 0.6) is 0 Å². The first-order valence-electron chi connectivity index (χ1n) is 9.80. The zero-order chi connectivity index (χ0) is 21.5. The number of aromatic nitrogens is 2. The second kappa shape index (κ2) is 9.45. The standard InChI is InChI=1S/C25H20N4O2/c30-24(22-5-1-3-15-26-22)28-20-11-7-18(8-12-20)17-19-9-13-21(14-10-19)29-25(31)23-6-2-4-16-27-23/h1-16H,17H2,(H,28,30)(H,29,31). The summed E-state index contributed by atoms with van der Waals surface area (Å²) in [4.78, 5) is 32.5. The van der Waals surface area contributed by atoms with E-state index in [-0.39, 0.29) is 11.8 Å². The summed E-state index contributed by atoms with van der Waals surface area (Å²) in [5.74, 6) is -0.478. The molecular weight excluding hydrogens is 388 g/mol. The number of benzene rings is 2. The Hall–Kier alpha value is -4.32. The highest BCUT2D eigenvalue weighted by Crippen LogP contribution is 2.17. The summed E-state index contributed by atoms with van der Waals surface area (Å²) in [6.07, 6.45) is 3.92. The maximum absolute atomic E-state index is 12.2. The highest BCUT2D eigenvalue weighted by molar-refractivity contribution is 6.03. The van der Waals surface area contributed by atoms with E-state index in [9.17, 15) is 9.59 Å². The lowest BCUT2D eigenvalue weighted by Gasteiger charge is -2.08. The number of pyridine rings is 2. The number of nitrogens with one attached hydrogen (secondary N) is 2. The van der Waals surface area contributed by atoms with E-state index >= 15 is 0 Å². The molecule has 4 rings (SSSR count). The molecule has 2 N–H and O–H groups in total. The van der Waals surface area contributed by atoms with Crippen LogP contribution in [0.25, 0.3) is 0 Å². The molecule has 152 valence electrons. The molecule has 0 aliphatic heterocycles. The Bertz CT molecular complexity index is 1060. The molecule has 0 saturated heterocycles. The predicted octanol–water partition coefficient (Wildman–Crippen LogP) is 4.57. The van der Waals surface area contributed by atoms with Crippen molar-refractivity contribution in [1.29, 1.82) is 0 Å². The summed E-state index contributed by atoms with van der Waals surface area (Å²) in [5, 5.41) is 5.68. The van der Waals surface area contributed by atoms with Crippen molar-refractivity contribution in [2.45, 2.75) is 6.42 Å². The number of amides is 2. The van der Waals surface area contributed by atoms with E-state index in [1.165, 1.54) is 0 Å². The maximum Gasteiger partial charge on any atom is 0.274 e. The van der Waals surface area contributed by atoms with Crippen molar-refractivity contribution < 1.29 is 9.59 Å². The number of hydrogen-bond donors (Lipinski definition) is 2. The molecule has 0 radical (unpaired) electrons. The minimum atomic E-state index is -0.239. The molecular formula is C25H20N4O2. The average molecular weight is 408 g/mol. The van der Waals surface area contributed by atoms with Gasteiger partial charge >= 0.3 is 0 Å². The van der Waals surface area contributed by atoms with Crippen LogP contribution in [0.15, 0.2) is 97.3 Å². The van der Waals surface area contributed by atoms with Gasteiger partial charge in [-0.05, 0) is 66.1 Å². The van der Waals surface area contributed by atoms with Crippen LogP contribution < -0.4 is 10.6 Å². The van der Waals surface area contributed by atoms with E-state index in [0.717, 1.165) is 17.5 Å².